The second-order valence-electron chi connectivity index (χ2n) is 11.9. The number of phenols is 1. The van der Waals surface area contributed by atoms with Crippen LogP contribution in [-0.4, -0.2) is 29.4 Å². The van der Waals surface area contributed by atoms with Gasteiger partial charge in [-0.15, -0.1) is 24.0 Å². The highest BCUT2D eigenvalue weighted by molar-refractivity contribution is 14.0. The molecule has 2 heterocycles. The van der Waals surface area contributed by atoms with Crippen LogP contribution in [-0.2, 0) is 31.2 Å². The number of nitrogens with zero attached hydrogens (tertiary/aromatic N) is 1. The van der Waals surface area contributed by atoms with Crippen molar-refractivity contribution in [2.24, 2.45) is 5.16 Å². The number of carbonyl (C=O) groups excluding carboxylic acids is 1. The van der Waals surface area contributed by atoms with Crippen molar-refractivity contribution < 1.29 is 14.7 Å². The van der Waals surface area contributed by atoms with Gasteiger partial charge in [-0.05, 0) is 58.7 Å². The first kappa shape index (κ1) is 30.9. The van der Waals surface area contributed by atoms with Gasteiger partial charge >= 0.3 is 0 Å². The van der Waals surface area contributed by atoms with E-state index in [0.29, 0.717) is 24.4 Å². The zero-order valence-electron chi connectivity index (χ0n) is 23.4. The molecule has 0 fully saturated rings. The molecular weight excluding hydrogens is 623 g/mol. The highest BCUT2D eigenvalue weighted by Gasteiger charge is 2.30. The van der Waals surface area contributed by atoms with Gasteiger partial charge < -0.3 is 20.6 Å². The van der Waals surface area contributed by atoms with Gasteiger partial charge in [0, 0.05) is 45.9 Å². The molecule has 4 N–H and O–H groups in total. The number of halogens is 1. The van der Waals surface area contributed by atoms with E-state index in [1.165, 1.54) is 0 Å². The van der Waals surface area contributed by atoms with Gasteiger partial charge in [0.15, 0.2) is 0 Å². The number of hydrogen-bond donors (Lipinski definition) is 4. The summed E-state index contributed by atoms with van der Waals surface area (Å²) in [6.07, 6.45) is 4.27. The number of rotatable bonds is 7. The molecular formula is C30H39IN4O3S. The number of carbonyl (C=O) groups is 1. The number of phenolic OH excluding ortho intramolecular Hbond substituents is 1. The Hall–Kier alpha value is -2.66. The predicted molar refractivity (Wildman–Crippen MR) is 172 cm³/mol. The number of amides is 1. The molecule has 0 bridgehead atoms. The van der Waals surface area contributed by atoms with E-state index in [-0.39, 0.29) is 53.2 Å². The summed E-state index contributed by atoms with van der Waals surface area (Å²) in [5.74, 6) is 0.197. The Morgan fingerprint density at radius 1 is 1.08 bits per heavy atom. The van der Waals surface area contributed by atoms with E-state index in [9.17, 15) is 9.90 Å². The molecule has 0 aliphatic carbocycles. The van der Waals surface area contributed by atoms with E-state index in [2.05, 4.69) is 57.3 Å². The average molecular weight is 663 g/mol. The number of allylic oxidation sites excluding steroid dienone is 2. The zero-order valence-corrected chi connectivity index (χ0v) is 26.6. The first-order valence-electron chi connectivity index (χ1n) is 12.9. The van der Waals surface area contributed by atoms with Crippen molar-refractivity contribution in [1.29, 1.82) is 4.78 Å². The second kappa shape index (κ2) is 12.2. The van der Waals surface area contributed by atoms with Gasteiger partial charge in [-0.2, -0.15) is 0 Å². The molecule has 2 aromatic carbocycles. The molecule has 1 amide bonds. The minimum absolute atomic E-state index is 0. The Labute approximate surface area is 251 Å². The second-order valence-corrected chi connectivity index (χ2v) is 13.3. The van der Waals surface area contributed by atoms with Gasteiger partial charge in [0.2, 0.25) is 5.91 Å². The lowest BCUT2D eigenvalue weighted by Gasteiger charge is -2.28. The van der Waals surface area contributed by atoms with Crippen LogP contribution in [0.1, 0.15) is 71.1 Å². The monoisotopic (exact) mass is 662 g/mol. The molecule has 2 atom stereocenters. The number of anilines is 2. The highest BCUT2D eigenvalue weighted by Crippen LogP contribution is 2.40. The molecule has 0 aromatic heterocycles. The molecule has 4 rings (SSSR count). The van der Waals surface area contributed by atoms with Crippen molar-refractivity contribution in [3.05, 3.63) is 75.6 Å². The molecule has 2 unspecified atom stereocenters. The highest BCUT2D eigenvalue weighted by atomic mass is 127. The Balaban J connectivity index is 0.00000420. The van der Waals surface area contributed by atoms with Crippen LogP contribution < -0.4 is 10.6 Å². The normalized spacial score (nSPS) is 18.6. The quantitative estimate of drug-likeness (QED) is 0.233. The molecule has 7 nitrogen and oxygen atoms in total. The molecule has 9 heteroatoms. The van der Waals surface area contributed by atoms with Crippen molar-refractivity contribution in [1.82, 2.24) is 0 Å². The van der Waals surface area contributed by atoms with Crippen LogP contribution in [0.4, 0.5) is 11.4 Å². The molecule has 0 saturated heterocycles. The van der Waals surface area contributed by atoms with Gasteiger partial charge in [0.1, 0.15) is 11.9 Å². The number of benzene rings is 2. The van der Waals surface area contributed by atoms with E-state index in [0.717, 1.165) is 33.0 Å². The van der Waals surface area contributed by atoms with Crippen molar-refractivity contribution >= 4 is 57.7 Å². The van der Waals surface area contributed by atoms with Gasteiger partial charge in [-0.25, -0.2) is 0 Å². The first-order valence-corrected chi connectivity index (χ1v) is 14.2. The van der Waals surface area contributed by atoms with Crippen molar-refractivity contribution in [2.45, 2.75) is 71.3 Å². The topological polar surface area (TPSA) is 107 Å². The fourth-order valence-corrected chi connectivity index (χ4v) is 5.32. The maximum Gasteiger partial charge on any atom is 0.228 e. The Morgan fingerprint density at radius 3 is 2.21 bits per heavy atom. The maximum absolute atomic E-state index is 12.7. The maximum atomic E-state index is 12.7. The summed E-state index contributed by atoms with van der Waals surface area (Å²) in [4.78, 5) is 19.4. The number of oxime groups is 1. The van der Waals surface area contributed by atoms with E-state index < -0.39 is 10.7 Å². The predicted octanol–water partition coefficient (Wildman–Crippen LogP) is 7.33. The lowest BCUT2D eigenvalue weighted by molar-refractivity contribution is -0.118. The summed E-state index contributed by atoms with van der Waals surface area (Å²) in [6.45, 7) is 13.1. The van der Waals surface area contributed by atoms with E-state index in [1.54, 1.807) is 0 Å². The minimum atomic E-state index is -0.547. The SMILES string of the molecule is CC(C)(C)c1cc(C2=NOC(CC(=O)Nc3ccc(NCC4=CC=CS4=N)cc3)C2)cc(C(C)(C)C)c1O.I. The molecule has 2 aromatic rings. The Kier molecular flexibility index (Phi) is 9.69. The minimum Gasteiger partial charge on any atom is -0.507 e. The third-order valence-electron chi connectivity index (χ3n) is 6.62. The summed E-state index contributed by atoms with van der Waals surface area (Å²) in [5.41, 5.74) is 4.63. The molecule has 0 spiro atoms. The van der Waals surface area contributed by atoms with E-state index in [1.807, 2.05) is 54.0 Å². The number of nitrogens with one attached hydrogen (secondary N) is 3. The summed E-state index contributed by atoms with van der Waals surface area (Å²) >= 11 is 0. The van der Waals surface area contributed by atoms with Crippen LogP contribution in [0, 0.1) is 4.78 Å². The summed E-state index contributed by atoms with van der Waals surface area (Å²) in [6, 6.07) is 11.5. The first-order chi connectivity index (χ1) is 17.8. The van der Waals surface area contributed by atoms with Crippen LogP contribution in [0.2, 0.25) is 0 Å². The molecule has 2 aliphatic rings. The summed E-state index contributed by atoms with van der Waals surface area (Å²) < 4.78 is 7.95. The smallest absolute Gasteiger partial charge is 0.228 e. The van der Waals surface area contributed by atoms with Gasteiger partial charge in [0.25, 0.3) is 0 Å². The van der Waals surface area contributed by atoms with Gasteiger partial charge in [-0.1, -0.05) is 63.5 Å². The van der Waals surface area contributed by atoms with Crippen LogP contribution >= 0.6 is 24.0 Å². The standard InChI is InChI=1S/C30H38N4O3S.HI/c1-29(2,3)24-14-19(15-25(28(24)36)30(4,5)6)26-16-22(37-34-26)17-27(35)33-21-11-9-20(10-12-21)32-18-23-8-7-13-38(23)31;/h7-15,22,31-32,36H,16-18H2,1-6H3,(H,33,35);1H. The van der Waals surface area contributed by atoms with Crippen LogP contribution in [0.25, 0.3) is 0 Å². The molecule has 0 saturated carbocycles. The Morgan fingerprint density at radius 2 is 1.67 bits per heavy atom. The Bertz CT molecular complexity index is 1300. The molecule has 210 valence electrons. The lowest BCUT2D eigenvalue weighted by Crippen LogP contribution is -2.21. The van der Waals surface area contributed by atoms with Crippen LogP contribution in [0.15, 0.2) is 64.0 Å². The number of hydrogen-bond acceptors (Lipinski definition) is 6. The van der Waals surface area contributed by atoms with Crippen molar-refractivity contribution in [3.63, 3.8) is 0 Å². The van der Waals surface area contributed by atoms with Gasteiger partial charge in [-0.3, -0.25) is 9.57 Å². The number of aromatic hydroxyl groups is 1. The molecule has 2 aliphatic heterocycles. The molecule has 0 radical (unpaired) electrons. The average Bonchev–Trinajstić information content (AvgIpc) is 3.46. The largest absolute Gasteiger partial charge is 0.507 e. The summed E-state index contributed by atoms with van der Waals surface area (Å²) in [5, 5.41) is 23.5. The zero-order chi connectivity index (χ0) is 27.7. The van der Waals surface area contributed by atoms with Crippen molar-refractivity contribution in [2.75, 3.05) is 17.2 Å². The van der Waals surface area contributed by atoms with Crippen LogP contribution in [0.3, 0.4) is 0 Å². The fourth-order valence-electron chi connectivity index (χ4n) is 4.45. The van der Waals surface area contributed by atoms with Crippen LogP contribution in [0.5, 0.6) is 5.75 Å². The van der Waals surface area contributed by atoms with E-state index >= 15 is 0 Å². The van der Waals surface area contributed by atoms with Gasteiger partial charge in [0.05, 0.1) is 12.1 Å². The van der Waals surface area contributed by atoms with Crippen molar-refractivity contribution in [3.8, 4) is 5.75 Å². The molecule has 39 heavy (non-hydrogen) atoms. The summed E-state index contributed by atoms with van der Waals surface area (Å²) in [7, 11) is -0.547. The fraction of sp³-hybridized carbons (Fsp3) is 0.400. The lowest BCUT2D eigenvalue weighted by atomic mass is 9.78. The third-order valence-corrected chi connectivity index (χ3v) is 7.89. The third kappa shape index (κ3) is 7.72. The van der Waals surface area contributed by atoms with E-state index in [4.69, 9.17) is 9.62 Å².